The van der Waals surface area contributed by atoms with E-state index < -0.39 is 0 Å². The van der Waals surface area contributed by atoms with Gasteiger partial charge < -0.3 is 10.2 Å². The molecule has 0 bridgehead atoms. The predicted octanol–water partition coefficient (Wildman–Crippen LogP) is 5.54. The molecule has 0 atom stereocenters. The molecule has 3 heteroatoms. The second-order valence-corrected chi connectivity index (χ2v) is 7.05. The van der Waals surface area contributed by atoms with Crippen LogP contribution in [0.3, 0.4) is 0 Å². The molecule has 0 aliphatic heterocycles. The highest BCUT2D eigenvalue weighted by Gasteiger charge is 2.14. The molecule has 2 aromatic rings. The fraction of sp³-hybridized carbons (Fsp3) is 0.409. The minimum atomic E-state index is 0.959. The van der Waals surface area contributed by atoms with Crippen LogP contribution in [0.5, 0.6) is 0 Å². The summed E-state index contributed by atoms with van der Waals surface area (Å²) < 4.78 is 0. The normalized spacial score (nSPS) is 13.8. The van der Waals surface area contributed by atoms with Gasteiger partial charge in [-0.05, 0) is 86.9 Å². The van der Waals surface area contributed by atoms with Crippen molar-refractivity contribution in [2.45, 2.75) is 46.5 Å². The molecular formula is C22H29N3. The van der Waals surface area contributed by atoms with Crippen molar-refractivity contribution in [2.75, 3.05) is 18.9 Å². The third kappa shape index (κ3) is 4.04. The van der Waals surface area contributed by atoms with Crippen LogP contribution in [0.15, 0.2) is 35.3 Å². The van der Waals surface area contributed by atoms with E-state index in [4.69, 9.17) is 0 Å². The molecule has 0 saturated heterocycles. The molecule has 0 amide bonds. The minimum Gasteiger partial charge on any atom is -0.366 e. The molecule has 3 rings (SSSR count). The molecule has 2 aromatic carbocycles. The average molecular weight is 335 g/mol. The Hall–Kier alpha value is -2.29. The number of benzene rings is 2. The molecule has 0 aromatic heterocycles. The molecule has 0 heterocycles. The Morgan fingerprint density at radius 1 is 1.08 bits per heavy atom. The molecule has 0 unspecified atom stereocenters. The van der Waals surface area contributed by atoms with Crippen molar-refractivity contribution in [1.82, 2.24) is 4.90 Å². The third-order valence-corrected chi connectivity index (χ3v) is 5.10. The highest BCUT2D eigenvalue weighted by Crippen LogP contribution is 2.33. The van der Waals surface area contributed by atoms with E-state index in [0.717, 1.165) is 12.2 Å². The van der Waals surface area contributed by atoms with Gasteiger partial charge in [0.1, 0.15) is 0 Å². The van der Waals surface area contributed by atoms with Crippen LogP contribution < -0.4 is 5.32 Å². The Bertz CT molecular complexity index is 777. The zero-order valence-corrected chi connectivity index (χ0v) is 15.9. The largest absolute Gasteiger partial charge is 0.366 e. The van der Waals surface area contributed by atoms with E-state index in [1.54, 1.807) is 0 Å². The second kappa shape index (κ2) is 7.73. The van der Waals surface area contributed by atoms with Crippen molar-refractivity contribution in [3.63, 3.8) is 0 Å². The fourth-order valence-electron chi connectivity index (χ4n) is 3.36. The Labute approximate surface area is 151 Å². The monoisotopic (exact) mass is 335 g/mol. The molecule has 0 saturated carbocycles. The van der Waals surface area contributed by atoms with Gasteiger partial charge in [0.15, 0.2) is 0 Å². The van der Waals surface area contributed by atoms with Crippen LogP contribution in [0.2, 0.25) is 0 Å². The number of nitrogens with zero attached hydrogens (tertiary/aromatic N) is 2. The van der Waals surface area contributed by atoms with Crippen molar-refractivity contribution < 1.29 is 0 Å². The molecule has 132 valence electrons. The van der Waals surface area contributed by atoms with E-state index in [-0.39, 0.29) is 0 Å². The first-order valence-corrected chi connectivity index (χ1v) is 9.32. The van der Waals surface area contributed by atoms with Crippen LogP contribution in [0.4, 0.5) is 17.1 Å². The van der Waals surface area contributed by atoms with E-state index >= 15 is 0 Å². The third-order valence-electron chi connectivity index (χ3n) is 5.10. The number of aliphatic imine (C=N–C) groups is 1. The number of aryl methyl sites for hydroxylation is 3. The van der Waals surface area contributed by atoms with Gasteiger partial charge in [-0.15, -0.1) is 0 Å². The van der Waals surface area contributed by atoms with Crippen molar-refractivity contribution in [3.05, 3.63) is 52.6 Å². The smallest absolute Gasteiger partial charge is 0.0909 e. The van der Waals surface area contributed by atoms with Gasteiger partial charge in [-0.2, -0.15) is 0 Å². The first-order valence-electron chi connectivity index (χ1n) is 9.32. The lowest BCUT2D eigenvalue weighted by Gasteiger charge is -2.21. The fourth-order valence-corrected chi connectivity index (χ4v) is 3.36. The molecule has 0 radical (unpaired) electrons. The number of fused-ring (bicyclic) bond motifs is 1. The summed E-state index contributed by atoms with van der Waals surface area (Å²) in [5.74, 6) is 0. The summed E-state index contributed by atoms with van der Waals surface area (Å²) in [4.78, 5) is 6.71. The van der Waals surface area contributed by atoms with E-state index in [0.29, 0.717) is 0 Å². The summed E-state index contributed by atoms with van der Waals surface area (Å²) >= 11 is 0. The number of hydrogen-bond donors (Lipinski definition) is 1. The van der Waals surface area contributed by atoms with Crippen molar-refractivity contribution in [1.29, 1.82) is 0 Å². The molecule has 1 aliphatic carbocycles. The number of anilines is 2. The zero-order chi connectivity index (χ0) is 17.8. The maximum Gasteiger partial charge on any atom is 0.0909 e. The molecule has 25 heavy (non-hydrogen) atoms. The first kappa shape index (κ1) is 17.5. The Morgan fingerprint density at radius 3 is 2.68 bits per heavy atom. The molecule has 3 nitrogen and oxygen atoms in total. The summed E-state index contributed by atoms with van der Waals surface area (Å²) in [6.07, 6.45) is 6.90. The summed E-state index contributed by atoms with van der Waals surface area (Å²) in [6, 6.07) is 11.1. The van der Waals surface area contributed by atoms with E-state index in [9.17, 15) is 0 Å². The minimum absolute atomic E-state index is 0.959. The van der Waals surface area contributed by atoms with Gasteiger partial charge in [-0.1, -0.05) is 12.1 Å². The highest BCUT2D eigenvalue weighted by atomic mass is 15.1. The van der Waals surface area contributed by atoms with Crippen molar-refractivity contribution >= 4 is 23.4 Å². The van der Waals surface area contributed by atoms with E-state index in [1.165, 1.54) is 59.3 Å². The number of hydrogen-bond acceptors (Lipinski definition) is 2. The number of nitrogens with one attached hydrogen (secondary N) is 1. The van der Waals surface area contributed by atoms with Gasteiger partial charge in [0.25, 0.3) is 0 Å². The van der Waals surface area contributed by atoms with Gasteiger partial charge in [0.2, 0.25) is 0 Å². The first-order chi connectivity index (χ1) is 12.1. The topological polar surface area (TPSA) is 27.6 Å². The van der Waals surface area contributed by atoms with E-state index in [2.05, 4.69) is 66.3 Å². The van der Waals surface area contributed by atoms with Gasteiger partial charge in [0, 0.05) is 25.0 Å². The SMILES string of the molecule is CCN(C)C=Nc1cc(C)c(Nc2cccc3c2CCCC3)cc1C. The molecule has 1 N–H and O–H groups in total. The lowest BCUT2D eigenvalue weighted by Crippen LogP contribution is -2.14. The average Bonchev–Trinajstić information content (AvgIpc) is 2.63. The Morgan fingerprint density at radius 2 is 1.88 bits per heavy atom. The molecule has 0 spiro atoms. The quantitative estimate of drug-likeness (QED) is 0.574. The van der Waals surface area contributed by atoms with Crippen LogP contribution in [-0.4, -0.2) is 24.8 Å². The molecule has 0 fully saturated rings. The van der Waals surface area contributed by atoms with Gasteiger partial charge >= 0.3 is 0 Å². The maximum absolute atomic E-state index is 4.63. The number of rotatable bonds is 5. The zero-order valence-electron chi connectivity index (χ0n) is 15.9. The summed E-state index contributed by atoms with van der Waals surface area (Å²) in [5, 5.41) is 3.68. The van der Waals surface area contributed by atoms with E-state index in [1.807, 2.05) is 13.4 Å². The van der Waals surface area contributed by atoms with Crippen LogP contribution >= 0.6 is 0 Å². The molecule has 1 aliphatic rings. The van der Waals surface area contributed by atoms with Crippen LogP contribution in [0.1, 0.15) is 42.0 Å². The Kier molecular flexibility index (Phi) is 5.42. The predicted molar refractivity (Wildman–Crippen MR) is 109 cm³/mol. The Balaban J connectivity index is 1.87. The van der Waals surface area contributed by atoms with Gasteiger partial charge in [0.05, 0.1) is 12.0 Å². The van der Waals surface area contributed by atoms with Gasteiger partial charge in [-0.3, -0.25) is 0 Å². The lowest BCUT2D eigenvalue weighted by molar-refractivity contribution is 0.552. The summed E-state index contributed by atoms with van der Waals surface area (Å²) in [6.45, 7) is 7.36. The van der Waals surface area contributed by atoms with Crippen molar-refractivity contribution in [3.8, 4) is 0 Å². The second-order valence-electron chi connectivity index (χ2n) is 7.05. The summed E-state index contributed by atoms with van der Waals surface area (Å²) in [7, 11) is 2.04. The van der Waals surface area contributed by atoms with Crippen LogP contribution in [-0.2, 0) is 12.8 Å². The molecular weight excluding hydrogens is 306 g/mol. The lowest BCUT2D eigenvalue weighted by atomic mass is 9.90. The maximum atomic E-state index is 4.63. The van der Waals surface area contributed by atoms with Gasteiger partial charge in [-0.25, -0.2) is 4.99 Å². The highest BCUT2D eigenvalue weighted by molar-refractivity contribution is 5.72. The summed E-state index contributed by atoms with van der Waals surface area (Å²) in [5.41, 5.74) is 8.91. The van der Waals surface area contributed by atoms with Crippen LogP contribution in [0, 0.1) is 13.8 Å². The van der Waals surface area contributed by atoms with Crippen LogP contribution in [0.25, 0.3) is 0 Å². The van der Waals surface area contributed by atoms with Crippen molar-refractivity contribution in [2.24, 2.45) is 4.99 Å². The standard InChI is InChI=1S/C22H29N3/c1-5-25(4)15-23-21-13-17(3)22(14-16(21)2)24-20-12-8-10-18-9-6-7-11-19(18)20/h8,10,12-15,24H,5-7,9,11H2,1-4H3.